The summed E-state index contributed by atoms with van der Waals surface area (Å²) in [7, 11) is 0. The molecule has 0 aliphatic rings. The molecule has 3 aromatic rings. The summed E-state index contributed by atoms with van der Waals surface area (Å²) < 4.78 is 15.3. The molecular weight excluding hydrogens is 247 g/mol. The standard InChI is InChI=1S/C12H7FN6/c13-8-4-9(15)7-2-1-3-16-11(7)12(8)19-6-17-10(5-14)18-19/h1-4,6H,15H2. The van der Waals surface area contributed by atoms with Crippen LogP contribution in [0.5, 0.6) is 0 Å². The van der Waals surface area contributed by atoms with Gasteiger partial charge < -0.3 is 5.73 Å². The topological polar surface area (TPSA) is 93.4 Å². The van der Waals surface area contributed by atoms with Crippen LogP contribution >= 0.6 is 0 Å². The lowest BCUT2D eigenvalue weighted by Crippen LogP contribution is -2.03. The molecular formula is C12H7FN6. The third-order valence-electron chi connectivity index (χ3n) is 2.67. The smallest absolute Gasteiger partial charge is 0.252 e. The van der Waals surface area contributed by atoms with E-state index >= 15 is 0 Å². The quantitative estimate of drug-likeness (QED) is 0.662. The van der Waals surface area contributed by atoms with Gasteiger partial charge in [0.2, 0.25) is 0 Å². The van der Waals surface area contributed by atoms with Crippen molar-refractivity contribution in [3.05, 3.63) is 42.4 Å². The first-order valence-corrected chi connectivity index (χ1v) is 5.35. The highest BCUT2D eigenvalue weighted by Gasteiger charge is 2.15. The SMILES string of the molecule is N#Cc1ncn(-c2c(F)cc(N)c3cccnc23)n1. The summed E-state index contributed by atoms with van der Waals surface area (Å²) >= 11 is 0. The number of fused-ring (bicyclic) bond motifs is 1. The predicted octanol–water partition coefficient (Wildman–Crippen LogP) is 1.41. The summed E-state index contributed by atoms with van der Waals surface area (Å²) in [6, 6.07) is 6.44. The summed E-state index contributed by atoms with van der Waals surface area (Å²) in [6.45, 7) is 0. The lowest BCUT2D eigenvalue weighted by Gasteiger charge is -2.08. The average molecular weight is 254 g/mol. The molecule has 0 spiro atoms. The van der Waals surface area contributed by atoms with Gasteiger partial charge in [0.25, 0.3) is 5.82 Å². The first-order valence-electron chi connectivity index (χ1n) is 5.35. The van der Waals surface area contributed by atoms with Crippen LogP contribution in [0, 0.1) is 17.1 Å². The van der Waals surface area contributed by atoms with Gasteiger partial charge >= 0.3 is 0 Å². The van der Waals surface area contributed by atoms with Crippen LogP contribution in [0.3, 0.4) is 0 Å². The predicted molar refractivity (Wildman–Crippen MR) is 65.7 cm³/mol. The molecule has 0 bridgehead atoms. The van der Waals surface area contributed by atoms with Crippen LogP contribution < -0.4 is 5.73 Å². The van der Waals surface area contributed by atoms with Crippen LogP contribution in [-0.2, 0) is 0 Å². The molecule has 19 heavy (non-hydrogen) atoms. The summed E-state index contributed by atoms with van der Waals surface area (Å²) in [4.78, 5) is 7.87. The maximum atomic E-state index is 14.1. The Labute approximate surface area is 106 Å². The maximum Gasteiger partial charge on any atom is 0.252 e. The molecule has 0 atom stereocenters. The summed E-state index contributed by atoms with van der Waals surface area (Å²) in [6.07, 6.45) is 2.80. The Kier molecular flexibility index (Phi) is 2.35. The van der Waals surface area contributed by atoms with Gasteiger partial charge in [0.1, 0.15) is 23.6 Å². The van der Waals surface area contributed by atoms with Crippen LogP contribution in [-0.4, -0.2) is 19.7 Å². The van der Waals surface area contributed by atoms with E-state index in [0.717, 1.165) is 0 Å². The van der Waals surface area contributed by atoms with Gasteiger partial charge in [-0.2, -0.15) is 5.26 Å². The van der Waals surface area contributed by atoms with E-state index in [2.05, 4.69) is 15.1 Å². The van der Waals surface area contributed by atoms with E-state index in [0.29, 0.717) is 16.6 Å². The van der Waals surface area contributed by atoms with E-state index in [1.165, 1.54) is 23.3 Å². The molecule has 0 amide bonds. The fourth-order valence-electron chi connectivity index (χ4n) is 1.86. The van der Waals surface area contributed by atoms with E-state index in [1.54, 1.807) is 18.2 Å². The molecule has 6 nitrogen and oxygen atoms in total. The molecule has 3 rings (SSSR count). The average Bonchev–Trinajstić information content (AvgIpc) is 2.87. The molecule has 2 heterocycles. The number of halogens is 1. The zero-order valence-corrected chi connectivity index (χ0v) is 9.58. The number of rotatable bonds is 1. The summed E-state index contributed by atoms with van der Waals surface area (Å²) in [5.41, 5.74) is 6.55. The second kappa shape index (κ2) is 4.03. The molecule has 0 saturated heterocycles. The minimum atomic E-state index is -0.571. The second-order valence-corrected chi connectivity index (χ2v) is 3.82. The van der Waals surface area contributed by atoms with Crippen molar-refractivity contribution in [1.82, 2.24) is 19.7 Å². The number of benzene rings is 1. The second-order valence-electron chi connectivity index (χ2n) is 3.82. The van der Waals surface area contributed by atoms with Crippen molar-refractivity contribution in [2.75, 3.05) is 5.73 Å². The van der Waals surface area contributed by atoms with E-state index in [9.17, 15) is 4.39 Å². The van der Waals surface area contributed by atoms with Crippen molar-refractivity contribution in [1.29, 1.82) is 5.26 Å². The van der Waals surface area contributed by atoms with Gasteiger partial charge in [-0.05, 0) is 18.2 Å². The van der Waals surface area contributed by atoms with Gasteiger partial charge in [-0.1, -0.05) is 0 Å². The van der Waals surface area contributed by atoms with Gasteiger partial charge in [0.15, 0.2) is 5.82 Å². The number of pyridine rings is 1. The van der Waals surface area contributed by atoms with E-state index in [-0.39, 0.29) is 11.5 Å². The molecule has 0 unspecified atom stereocenters. The van der Waals surface area contributed by atoms with E-state index in [1.807, 2.05) is 0 Å². The minimum Gasteiger partial charge on any atom is -0.398 e. The fraction of sp³-hybridized carbons (Fsp3) is 0. The van der Waals surface area contributed by atoms with Crippen molar-refractivity contribution in [3.8, 4) is 11.8 Å². The lowest BCUT2D eigenvalue weighted by molar-refractivity contribution is 0.613. The van der Waals surface area contributed by atoms with Crippen LogP contribution in [0.4, 0.5) is 10.1 Å². The molecule has 2 N–H and O–H groups in total. The molecule has 0 radical (unpaired) electrons. The number of nitrogens with zero attached hydrogens (tertiary/aromatic N) is 5. The van der Waals surface area contributed by atoms with Gasteiger partial charge in [0.05, 0.1) is 0 Å². The van der Waals surface area contributed by atoms with Crippen molar-refractivity contribution >= 4 is 16.6 Å². The normalized spacial score (nSPS) is 10.5. The number of nitrogens with two attached hydrogens (primary N) is 1. The molecule has 7 heteroatoms. The Balaban J connectivity index is 2.37. The van der Waals surface area contributed by atoms with Crippen molar-refractivity contribution < 1.29 is 4.39 Å². The molecule has 92 valence electrons. The molecule has 2 aromatic heterocycles. The van der Waals surface area contributed by atoms with Crippen LogP contribution in [0.25, 0.3) is 16.6 Å². The first kappa shape index (κ1) is 11.1. The molecule has 0 fully saturated rings. The number of nitriles is 1. The highest BCUT2D eigenvalue weighted by Crippen LogP contribution is 2.27. The number of hydrogen-bond acceptors (Lipinski definition) is 5. The largest absolute Gasteiger partial charge is 0.398 e. The van der Waals surface area contributed by atoms with E-state index in [4.69, 9.17) is 11.0 Å². The summed E-state index contributed by atoms with van der Waals surface area (Å²) in [5.74, 6) is -0.613. The minimum absolute atomic E-state index is 0.0414. The number of hydrogen-bond donors (Lipinski definition) is 1. The highest BCUT2D eigenvalue weighted by atomic mass is 19.1. The Morgan fingerprint density at radius 3 is 2.95 bits per heavy atom. The van der Waals surface area contributed by atoms with Gasteiger partial charge in [-0.3, -0.25) is 4.98 Å². The van der Waals surface area contributed by atoms with Crippen LogP contribution in [0.1, 0.15) is 5.82 Å². The third kappa shape index (κ3) is 1.66. The number of anilines is 1. The molecule has 0 aliphatic heterocycles. The Hall–Kier alpha value is -3.01. The fourth-order valence-corrected chi connectivity index (χ4v) is 1.86. The molecule has 0 saturated carbocycles. The van der Waals surface area contributed by atoms with Crippen molar-refractivity contribution in [2.45, 2.75) is 0 Å². The van der Waals surface area contributed by atoms with E-state index < -0.39 is 5.82 Å². The number of nitrogen functional groups attached to an aromatic ring is 1. The molecule has 1 aromatic carbocycles. The first-order chi connectivity index (χ1) is 9.20. The highest BCUT2D eigenvalue weighted by molar-refractivity contribution is 5.95. The summed E-state index contributed by atoms with van der Waals surface area (Å²) in [5, 5.41) is 13.2. The Bertz CT molecular complexity index is 817. The number of aromatic nitrogens is 4. The zero-order chi connectivity index (χ0) is 13.4. The van der Waals surface area contributed by atoms with Crippen molar-refractivity contribution in [3.63, 3.8) is 0 Å². The lowest BCUT2D eigenvalue weighted by atomic mass is 10.1. The Morgan fingerprint density at radius 2 is 2.21 bits per heavy atom. The van der Waals surface area contributed by atoms with Gasteiger partial charge in [-0.25, -0.2) is 14.1 Å². The van der Waals surface area contributed by atoms with Crippen LogP contribution in [0.2, 0.25) is 0 Å². The van der Waals surface area contributed by atoms with Gasteiger partial charge in [0, 0.05) is 17.3 Å². The third-order valence-corrected chi connectivity index (χ3v) is 2.67. The van der Waals surface area contributed by atoms with Gasteiger partial charge in [-0.15, -0.1) is 5.10 Å². The molecule has 0 aliphatic carbocycles. The van der Waals surface area contributed by atoms with Crippen LogP contribution in [0.15, 0.2) is 30.7 Å². The maximum absolute atomic E-state index is 14.1. The zero-order valence-electron chi connectivity index (χ0n) is 9.58. The Morgan fingerprint density at radius 1 is 1.37 bits per heavy atom. The van der Waals surface area contributed by atoms with Crippen molar-refractivity contribution in [2.24, 2.45) is 0 Å². The monoisotopic (exact) mass is 254 g/mol.